The van der Waals surface area contributed by atoms with Crippen LogP contribution in [0.4, 0.5) is 11.5 Å². The Bertz CT molecular complexity index is 441. The molecule has 17 heavy (non-hydrogen) atoms. The number of aryl methyl sites for hydroxylation is 2. The summed E-state index contributed by atoms with van der Waals surface area (Å²) in [6.45, 7) is 4.26. The fraction of sp³-hybridized carbons (Fsp3) is 0.636. The van der Waals surface area contributed by atoms with Crippen LogP contribution in [0.25, 0.3) is 0 Å². The lowest BCUT2D eigenvalue weighted by molar-refractivity contribution is -0.119. The first-order chi connectivity index (χ1) is 7.99. The number of anilines is 2. The zero-order chi connectivity index (χ0) is 12.6. The molecule has 94 valence electrons. The van der Waals surface area contributed by atoms with Crippen molar-refractivity contribution in [2.24, 2.45) is 13.0 Å². The van der Waals surface area contributed by atoms with Crippen LogP contribution >= 0.6 is 0 Å². The first-order valence-corrected chi connectivity index (χ1v) is 5.70. The summed E-state index contributed by atoms with van der Waals surface area (Å²) in [6.07, 6.45) is 0.902. The van der Waals surface area contributed by atoms with Crippen LogP contribution in [0.1, 0.15) is 19.0 Å². The summed E-state index contributed by atoms with van der Waals surface area (Å²) in [4.78, 5) is 12.0. The van der Waals surface area contributed by atoms with Gasteiger partial charge in [0.05, 0.1) is 30.0 Å². The SMILES string of the molecule is Cc1nn(C)c(NC(=O)C2COC(C)C2)c1N. The van der Waals surface area contributed by atoms with Crippen LogP contribution < -0.4 is 11.1 Å². The average Bonchev–Trinajstić information content (AvgIpc) is 2.79. The van der Waals surface area contributed by atoms with Crippen LogP contribution in [-0.4, -0.2) is 28.4 Å². The highest BCUT2D eigenvalue weighted by atomic mass is 16.5. The van der Waals surface area contributed by atoms with Crippen molar-refractivity contribution in [3.05, 3.63) is 5.69 Å². The van der Waals surface area contributed by atoms with Gasteiger partial charge in [0, 0.05) is 7.05 Å². The second-order valence-electron chi connectivity index (χ2n) is 4.54. The summed E-state index contributed by atoms with van der Waals surface area (Å²) in [5.41, 5.74) is 7.09. The molecule has 6 nitrogen and oxygen atoms in total. The van der Waals surface area contributed by atoms with Gasteiger partial charge in [-0.2, -0.15) is 5.10 Å². The number of rotatable bonds is 2. The summed E-state index contributed by atoms with van der Waals surface area (Å²) in [7, 11) is 1.76. The van der Waals surface area contributed by atoms with E-state index in [9.17, 15) is 4.79 Å². The molecule has 0 radical (unpaired) electrons. The molecule has 6 heteroatoms. The van der Waals surface area contributed by atoms with E-state index in [0.29, 0.717) is 18.1 Å². The molecule has 2 heterocycles. The number of carbonyl (C=O) groups is 1. The topological polar surface area (TPSA) is 82.2 Å². The molecule has 2 rings (SSSR count). The molecule has 0 aromatic carbocycles. The zero-order valence-corrected chi connectivity index (χ0v) is 10.4. The average molecular weight is 238 g/mol. The predicted molar refractivity (Wildman–Crippen MR) is 64.5 cm³/mol. The highest BCUT2D eigenvalue weighted by Crippen LogP contribution is 2.24. The lowest BCUT2D eigenvalue weighted by Crippen LogP contribution is -2.24. The zero-order valence-electron chi connectivity index (χ0n) is 10.4. The predicted octanol–water partition coefficient (Wildman–Crippen LogP) is 0.674. The monoisotopic (exact) mass is 238 g/mol. The lowest BCUT2D eigenvalue weighted by atomic mass is 10.1. The van der Waals surface area contributed by atoms with E-state index in [1.54, 1.807) is 11.7 Å². The van der Waals surface area contributed by atoms with Gasteiger partial charge in [0.2, 0.25) is 5.91 Å². The molecule has 1 saturated heterocycles. The van der Waals surface area contributed by atoms with E-state index >= 15 is 0 Å². The number of nitrogen functional groups attached to an aromatic ring is 1. The first-order valence-electron chi connectivity index (χ1n) is 5.70. The number of aromatic nitrogens is 2. The Kier molecular flexibility index (Phi) is 3.06. The number of nitrogens with one attached hydrogen (secondary N) is 1. The molecular formula is C11H18N4O2. The highest BCUT2D eigenvalue weighted by molar-refractivity contribution is 5.94. The second-order valence-corrected chi connectivity index (χ2v) is 4.54. The number of ether oxygens (including phenoxy) is 1. The molecule has 1 aliphatic rings. The van der Waals surface area contributed by atoms with E-state index in [-0.39, 0.29) is 17.9 Å². The number of carbonyl (C=O) groups excluding carboxylic acids is 1. The number of hydrogen-bond donors (Lipinski definition) is 2. The normalized spacial score (nSPS) is 23.9. The Balaban J connectivity index is 2.08. The van der Waals surface area contributed by atoms with Gasteiger partial charge in [-0.15, -0.1) is 0 Å². The molecule has 2 unspecified atom stereocenters. The highest BCUT2D eigenvalue weighted by Gasteiger charge is 2.29. The van der Waals surface area contributed by atoms with Crippen LogP contribution in [0.2, 0.25) is 0 Å². The molecule has 1 amide bonds. The summed E-state index contributed by atoms with van der Waals surface area (Å²) < 4.78 is 6.96. The maximum absolute atomic E-state index is 12.0. The van der Waals surface area contributed by atoms with Gasteiger partial charge in [-0.1, -0.05) is 0 Å². The van der Waals surface area contributed by atoms with Crippen molar-refractivity contribution >= 4 is 17.4 Å². The minimum atomic E-state index is -0.0976. The van der Waals surface area contributed by atoms with Crippen molar-refractivity contribution in [2.75, 3.05) is 17.7 Å². The molecular weight excluding hydrogens is 220 g/mol. The van der Waals surface area contributed by atoms with Gasteiger partial charge < -0.3 is 15.8 Å². The summed E-state index contributed by atoms with van der Waals surface area (Å²) in [5, 5.41) is 6.97. The number of amides is 1. The number of hydrogen-bond acceptors (Lipinski definition) is 4. The molecule has 1 aromatic rings. The fourth-order valence-corrected chi connectivity index (χ4v) is 2.04. The van der Waals surface area contributed by atoms with Crippen molar-refractivity contribution in [1.29, 1.82) is 0 Å². The van der Waals surface area contributed by atoms with Crippen LogP contribution in [0.5, 0.6) is 0 Å². The molecule has 0 spiro atoms. The molecule has 0 bridgehead atoms. The summed E-state index contributed by atoms with van der Waals surface area (Å²) >= 11 is 0. The Labute approximate surface area is 100 Å². The van der Waals surface area contributed by atoms with Gasteiger partial charge >= 0.3 is 0 Å². The van der Waals surface area contributed by atoms with Gasteiger partial charge in [-0.3, -0.25) is 9.48 Å². The quantitative estimate of drug-likeness (QED) is 0.793. The first kappa shape index (κ1) is 11.9. The van der Waals surface area contributed by atoms with Gasteiger partial charge in [-0.05, 0) is 20.3 Å². The molecule has 1 aromatic heterocycles. The van der Waals surface area contributed by atoms with E-state index in [0.717, 1.165) is 12.1 Å². The number of nitrogens with zero attached hydrogens (tertiary/aromatic N) is 2. The molecule has 1 aliphatic heterocycles. The Morgan fingerprint density at radius 1 is 1.65 bits per heavy atom. The van der Waals surface area contributed by atoms with Crippen LogP contribution in [0, 0.1) is 12.8 Å². The third-order valence-electron chi connectivity index (χ3n) is 3.08. The third-order valence-corrected chi connectivity index (χ3v) is 3.08. The minimum Gasteiger partial charge on any atom is -0.394 e. The van der Waals surface area contributed by atoms with Gasteiger partial charge in [0.1, 0.15) is 0 Å². The summed E-state index contributed by atoms with van der Waals surface area (Å²) in [5.74, 6) is 0.413. The molecule has 1 fully saturated rings. The molecule has 2 atom stereocenters. The second kappa shape index (κ2) is 4.37. The minimum absolute atomic E-state index is 0.0518. The molecule has 0 aliphatic carbocycles. The maximum atomic E-state index is 12.0. The third kappa shape index (κ3) is 2.26. The van der Waals surface area contributed by atoms with E-state index in [1.807, 2.05) is 13.8 Å². The van der Waals surface area contributed by atoms with Crippen molar-refractivity contribution in [3.63, 3.8) is 0 Å². The largest absolute Gasteiger partial charge is 0.394 e. The number of nitrogens with two attached hydrogens (primary N) is 1. The molecule has 3 N–H and O–H groups in total. The van der Waals surface area contributed by atoms with Crippen LogP contribution in [0.15, 0.2) is 0 Å². The van der Waals surface area contributed by atoms with Gasteiger partial charge in [0.25, 0.3) is 0 Å². The fourth-order valence-electron chi connectivity index (χ4n) is 2.04. The standard InChI is InChI=1S/C11H18N4O2/c1-6-4-8(5-17-6)11(16)13-10-9(12)7(2)14-15(10)3/h6,8H,4-5,12H2,1-3H3,(H,13,16). The van der Waals surface area contributed by atoms with Gasteiger partial charge in [0.15, 0.2) is 5.82 Å². The smallest absolute Gasteiger partial charge is 0.231 e. The van der Waals surface area contributed by atoms with E-state index in [2.05, 4.69) is 10.4 Å². The Morgan fingerprint density at radius 2 is 2.35 bits per heavy atom. The lowest BCUT2D eigenvalue weighted by Gasteiger charge is -2.10. The van der Waals surface area contributed by atoms with Crippen molar-refractivity contribution in [1.82, 2.24) is 9.78 Å². The maximum Gasteiger partial charge on any atom is 0.231 e. The van der Waals surface area contributed by atoms with Gasteiger partial charge in [-0.25, -0.2) is 0 Å². The van der Waals surface area contributed by atoms with Crippen molar-refractivity contribution < 1.29 is 9.53 Å². The van der Waals surface area contributed by atoms with E-state index in [4.69, 9.17) is 10.5 Å². The Hall–Kier alpha value is -1.56. The van der Waals surface area contributed by atoms with E-state index in [1.165, 1.54) is 0 Å². The van der Waals surface area contributed by atoms with E-state index < -0.39 is 0 Å². The van der Waals surface area contributed by atoms with Crippen molar-refractivity contribution in [2.45, 2.75) is 26.4 Å². The van der Waals surface area contributed by atoms with Crippen LogP contribution in [0.3, 0.4) is 0 Å². The molecule has 0 saturated carbocycles. The summed E-state index contributed by atoms with van der Waals surface area (Å²) in [6, 6.07) is 0. The van der Waals surface area contributed by atoms with Crippen molar-refractivity contribution in [3.8, 4) is 0 Å². The van der Waals surface area contributed by atoms with Crippen LogP contribution in [-0.2, 0) is 16.6 Å². The Morgan fingerprint density at radius 3 is 2.82 bits per heavy atom.